The van der Waals surface area contributed by atoms with Gasteiger partial charge < -0.3 is 4.42 Å². The van der Waals surface area contributed by atoms with E-state index < -0.39 is 0 Å². The van der Waals surface area contributed by atoms with Crippen LogP contribution in [0.3, 0.4) is 0 Å². The molecule has 3 nitrogen and oxygen atoms in total. The molecule has 0 saturated heterocycles. The molecule has 0 spiro atoms. The molecule has 0 fully saturated rings. The summed E-state index contributed by atoms with van der Waals surface area (Å²) < 4.78 is 6.67. The number of rotatable bonds is 1. The van der Waals surface area contributed by atoms with Gasteiger partial charge in [0.15, 0.2) is 5.58 Å². The van der Waals surface area contributed by atoms with Gasteiger partial charge in [-0.3, -0.25) is 4.79 Å². The third-order valence-electron chi connectivity index (χ3n) is 2.02. The summed E-state index contributed by atoms with van der Waals surface area (Å²) in [5, 5.41) is 0. The second-order valence-electron chi connectivity index (χ2n) is 3.01. The van der Waals surface area contributed by atoms with Crippen LogP contribution in [0.1, 0.15) is 11.7 Å². The number of carbonyl (C=O) groups is 1. The molecule has 4 heteroatoms. The molecule has 0 N–H and O–H groups in total. The van der Waals surface area contributed by atoms with Crippen LogP contribution in [0.15, 0.2) is 40.8 Å². The monoisotopic (exact) mass is 219 g/mol. The Balaban J connectivity index is 2.74. The molecule has 76 valence electrons. The van der Waals surface area contributed by atoms with Crippen molar-refractivity contribution < 1.29 is 9.21 Å². The lowest BCUT2D eigenvalue weighted by Crippen LogP contribution is -2.06. The third-order valence-corrected chi connectivity index (χ3v) is 2.28. The summed E-state index contributed by atoms with van der Waals surface area (Å²) in [6.07, 6.45) is 3.13. The number of carbonyl (C=O) groups excluding carboxylic acids is 1. The molecule has 1 aromatic carbocycles. The minimum absolute atomic E-state index is 0.180. The van der Waals surface area contributed by atoms with Crippen LogP contribution in [0.5, 0.6) is 0 Å². The highest BCUT2D eigenvalue weighted by Gasteiger charge is 2.09. The van der Waals surface area contributed by atoms with Crippen molar-refractivity contribution in [1.82, 2.24) is 4.57 Å². The van der Waals surface area contributed by atoms with Gasteiger partial charge in [0.25, 0.3) is 10.7 Å². The number of aromatic nitrogens is 1. The van der Waals surface area contributed by atoms with Crippen molar-refractivity contribution in [2.75, 3.05) is 0 Å². The van der Waals surface area contributed by atoms with Gasteiger partial charge in [-0.25, -0.2) is 4.57 Å². The van der Waals surface area contributed by atoms with Crippen molar-refractivity contribution in [3.8, 4) is 0 Å². The van der Waals surface area contributed by atoms with Crippen LogP contribution in [-0.2, 0) is 0 Å². The lowest BCUT2D eigenvalue weighted by atomic mass is 10.3. The number of nitrogens with zero attached hydrogens (tertiary/aromatic N) is 1. The Hall–Kier alpha value is -1.68. The van der Waals surface area contributed by atoms with Crippen LogP contribution in [0.4, 0.5) is 0 Å². The highest BCUT2D eigenvalue weighted by molar-refractivity contribution is 7.71. The van der Waals surface area contributed by atoms with Gasteiger partial charge in [0, 0.05) is 0 Å². The second kappa shape index (κ2) is 3.82. The van der Waals surface area contributed by atoms with Crippen LogP contribution in [-0.4, -0.2) is 10.5 Å². The number of hydrogen-bond donors (Lipinski definition) is 0. The fourth-order valence-corrected chi connectivity index (χ4v) is 1.67. The fourth-order valence-electron chi connectivity index (χ4n) is 1.39. The Morgan fingerprint density at radius 1 is 1.47 bits per heavy atom. The maximum atomic E-state index is 11.7. The Bertz CT molecular complexity index is 592. The number of fused-ring (bicyclic) bond motifs is 1. The Morgan fingerprint density at radius 2 is 2.20 bits per heavy atom. The SMILES string of the molecule is C/C=C/C(=O)n1c(=S)oc2ccccc21. The van der Waals surface area contributed by atoms with E-state index in [4.69, 9.17) is 16.6 Å². The van der Waals surface area contributed by atoms with E-state index in [0.717, 1.165) is 0 Å². The first-order chi connectivity index (χ1) is 7.24. The Morgan fingerprint density at radius 3 is 2.93 bits per heavy atom. The van der Waals surface area contributed by atoms with E-state index in [1.54, 1.807) is 25.1 Å². The first-order valence-corrected chi connectivity index (χ1v) is 4.92. The quantitative estimate of drug-likeness (QED) is 0.545. The largest absolute Gasteiger partial charge is 0.429 e. The summed E-state index contributed by atoms with van der Waals surface area (Å²) in [4.78, 5) is 11.9. The Kier molecular flexibility index (Phi) is 2.51. The molecule has 2 rings (SSSR count). The van der Waals surface area contributed by atoms with E-state index in [1.165, 1.54) is 10.6 Å². The van der Waals surface area contributed by atoms with Crippen LogP contribution in [0, 0.1) is 4.84 Å². The molecule has 0 saturated carbocycles. The molecular weight excluding hydrogens is 210 g/mol. The van der Waals surface area contributed by atoms with Gasteiger partial charge in [-0.05, 0) is 37.4 Å². The summed E-state index contributed by atoms with van der Waals surface area (Å²) in [7, 11) is 0. The van der Waals surface area contributed by atoms with Gasteiger partial charge in [0.2, 0.25) is 0 Å². The average molecular weight is 219 g/mol. The molecule has 0 atom stereocenters. The summed E-state index contributed by atoms with van der Waals surface area (Å²) >= 11 is 4.98. The fraction of sp³-hybridized carbons (Fsp3) is 0.0909. The molecule has 0 aliphatic carbocycles. The van der Waals surface area contributed by atoms with Gasteiger partial charge in [-0.1, -0.05) is 18.2 Å². The molecule has 0 bridgehead atoms. The molecule has 1 aromatic heterocycles. The molecule has 2 aromatic rings. The summed E-state index contributed by atoms with van der Waals surface area (Å²) in [6, 6.07) is 7.26. The smallest absolute Gasteiger partial charge is 0.276 e. The van der Waals surface area contributed by atoms with E-state index >= 15 is 0 Å². The number of allylic oxidation sites excluding steroid dienone is 2. The van der Waals surface area contributed by atoms with Crippen molar-refractivity contribution in [2.24, 2.45) is 0 Å². The van der Waals surface area contributed by atoms with E-state index in [0.29, 0.717) is 11.1 Å². The zero-order chi connectivity index (χ0) is 10.8. The van der Waals surface area contributed by atoms with Gasteiger partial charge >= 0.3 is 0 Å². The first kappa shape index (κ1) is 9.86. The molecule has 0 aliphatic heterocycles. The van der Waals surface area contributed by atoms with Crippen molar-refractivity contribution in [3.63, 3.8) is 0 Å². The van der Waals surface area contributed by atoms with E-state index in [9.17, 15) is 4.79 Å². The third kappa shape index (κ3) is 1.64. The number of benzene rings is 1. The molecule has 1 heterocycles. The van der Waals surface area contributed by atoms with E-state index in [1.807, 2.05) is 12.1 Å². The number of hydrogen-bond acceptors (Lipinski definition) is 3. The predicted octanol–water partition coefficient (Wildman–Crippen LogP) is 3.18. The maximum absolute atomic E-state index is 11.7. The van der Waals surface area contributed by atoms with Crippen molar-refractivity contribution in [1.29, 1.82) is 0 Å². The van der Waals surface area contributed by atoms with Crippen LogP contribution in [0.2, 0.25) is 0 Å². The Labute approximate surface area is 91.6 Å². The molecule has 15 heavy (non-hydrogen) atoms. The molecule has 0 aliphatic rings. The van der Waals surface area contributed by atoms with Gasteiger partial charge in [0.05, 0.1) is 5.52 Å². The highest BCUT2D eigenvalue weighted by atomic mass is 32.1. The zero-order valence-corrected chi connectivity index (χ0v) is 8.95. The van der Waals surface area contributed by atoms with Crippen molar-refractivity contribution >= 4 is 29.2 Å². The number of oxazole rings is 1. The highest BCUT2D eigenvalue weighted by Crippen LogP contribution is 2.16. The lowest BCUT2D eigenvalue weighted by Gasteiger charge is -1.95. The topological polar surface area (TPSA) is 35.1 Å². The van der Waals surface area contributed by atoms with Crippen molar-refractivity contribution in [2.45, 2.75) is 6.92 Å². The van der Waals surface area contributed by atoms with Gasteiger partial charge in [-0.2, -0.15) is 0 Å². The number of para-hydroxylation sites is 2. The minimum atomic E-state index is -0.188. The molecule has 0 unspecified atom stereocenters. The molecule has 0 radical (unpaired) electrons. The lowest BCUT2D eigenvalue weighted by molar-refractivity contribution is 0.0968. The predicted molar refractivity (Wildman–Crippen MR) is 60.5 cm³/mol. The standard InChI is InChI=1S/C11H9NO2S/c1-2-5-10(13)12-8-6-3-4-7-9(8)14-11(12)15/h2-7H,1H3/b5-2+. The average Bonchev–Trinajstić information content (AvgIpc) is 2.54. The van der Waals surface area contributed by atoms with Gasteiger partial charge in [0.1, 0.15) is 0 Å². The molecular formula is C11H9NO2S. The van der Waals surface area contributed by atoms with Crippen molar-refractivity contribution in [3.05, 3.63) is 41.3 Å². The van der Waals surface area contributed by atoms with E-state index in [2.05, 4.69) is 0 Å². The van der Waals surface area contributed by atoms with E-state index in [-0.39, 0.29) is 10.7 Å². The minimum Gasteiger partial charge on any atom is -0.429 e. The normalized spacial score (nSPS) is 11.3. The second-order valence-corrected chi connectivity index (χ2v) is 3.36. The summed E-state index contributed by atoms with van der Waals surface area (Å²) in [6.45, 7) is 1.78. The van der Waals surface area contributed by atoms with Crippen LogP contribution in [0.25, 0.3) is 11.1 Å². The zero-order valence-electron chi connectivity index (χ0n) is 8.14. The van der Waals surface area contributed by atoms with Gasteiger partial charge in [-0.15, -0.1) is 0 Å². The van der Waals surface area contributed by atoms with Crippen LogP contribution >= 0.6 is 12.2 Å². The van der Waals surface area contributed by atoms with Crippen LogP contribution < -0.4 is 0 Å². The summed E-state index contributed by atoms with van der Waals surface area (Å²) in [5.41, 5.74) is 1.32. The molecule has 0 amide bonds. The first-order valence-electron chi connectivity index (χ1n) is 4.51. The maximum Gasteiger partial charge on any atom is 0.276 e. The summed E-state index contributed by atoms with van der Waals surface area (Å²) in [5.74, 6) is -0.188.